The maximum atomic E-state index is 12.6. The van der Waals surface area contributed by atoms with Crippen molar-refractivity contribution in [3.05, 3.63) is 51.8 Å². The Labute approximate surface area is 191 Å². The fourth-order valence-electron chi connectivity index (χ4n) is 3.87. The monoisotopic (exact) mass is 459 g/mol. The van der Waals surface area contributed by atoms with E-state index < -0.39 is 0 Å². The first kappa shape index (κ1) is 22.3. The largest absolute Gasteiger partial charge is 0.378 e. The molecule has 0 atom stereocenters. The predicted molar refractivity (Wildman–Crippen MR) is 120 cm³/mol. The summed E-state index contributed by atoms with van der Waals surface area (Å²) in [5.74, 6) is 0.674. The molecule has 2 aliphatic rings. The second-order valence-corrected chi connectivity index (χ2v) is 8.22. The fraction of sp³-hybridized carbons (Fsp3) is 0.455. The highest BCUT2D eigenvalue weighted by molar-refractivity contribution is 6.30. The molecule has 1 aromatic carbocycles. The molecule has 0 aliphatic carbocycles. The van der Waals surface area contributed by atoms with Crippen LogP contribution in [0, 0.1) is 0 Å². The zero-order valence-electron chi connectivity index (χ0n) is 17.8. The summed E-state index contributed by atoms with van der Waals surface area (Å²) in [6.45, 7) is 4.61. The van der Waals surface area contributed by atoms with Crippen LogP contribution in [-0.2, 0) is 14.3 Å². The lowest BCUT2D eigenvalue weighted by Crippen LogP contribution is -2.49. The van der Waals surface area contributed by atoms with Gasteiger partial charge in [-0.05, 0) is 30.3 Å². The van der Waals surface area contributed by atoms with E-state index in [1.807, 2.05) is 0 Å². The van der Waals surface area contributed by atoms with Gasteiger partial charge in [-0.1, -0.05) is 11.6 Å². The number of benzene rings is 1. The van der Waals surface area contributed by atoms with Crippen LogP contribution in [0.2, 0.25) is 5.02 Å². The molecule has 2 amide bonds. The normalized spacial score (nSPS) is 16.8. The number of piperazine rings is 1. The Bertz CT molecular complexity index is 1010. The molecule has 0 bridgehead atoms. The summed E-state index contributed by atoms with van der Waals surface area (Å²) < 4.78 is 6.61. The lowest BCUT2D eigenvalue weighted by atomic mass is 10.2. The number of ether oxygens (including phenoxy) is 1. The standard InChI is InChI=1S/C22H26ClN5O4/c23-17-1-3-18(4-2-17)28-22(31)6-5-19(24-28)25-9-11-26(12-10-25)20(29)7-8-21(30)27-13-15-32-16-14-27/h1-6H,7-16H2. The second kappa shape index (κ2) is 10.1. The van der Waals surface area contributed by atoms with Crippen molar-refractivity contribution < 1.29 is 14.3 Å². The number of morpholine rings is 1. The van der Waals surface area contributed by atoms with Gasteiger partial charge in [0.25, 0.3) is 5.56 Å². The van der Waals surface area contributed by atoms with Gasteiger partial charge in [0.15, 0.2) is 0 Å². The van der Waals surface area contributed by atoms with E-state index in [9.17, 15) is 14.4 Å². The van der Waals surface area contributed by atoms with Crippen LogP contribution in [0.1, 0.15) is 12.8 Å². The average Bonchev–Trinajstić information content (AvgIpc) is 2.84. The van der Waals surface area contributed by atoms with Gasteiger partial charge in [-0.25, -0.2) is 0 Å². The molecule has 2 aromatic rings. The molecular weight excluding hydrogens is 434 g/mol. The summed E-state index contributed by atoms with van der Waals surface area (Å²) in [6, 6.07) is 10.1. The Morgan fingerprint density at radius 1 is 0.844 bits per heavy atom. The number of rotatable bonds is 5. The van der Waals surface area contributed by atoms with Gasteiger partial charge >= 0.3 is 0 Å². The van der Waals surface area contributed by atoms with Gasteiger partial charge in [0.2, 0.25) is 11.8 Å². The Morgan fingerprint density at radius 2 is 1.44 bits per heavy atom. The molecule has 0 N–H and O–H groups in total. The Hall–Kier alpha value is -2.91. The van der Waals surface area contributed by atoms with Crippen LogP contribution in [0.15, 0.2) is 41.2 Å². The number of carbonyl (C=O) groups excluding carboxylic acids is 2. The summed E-state index contributed by atoms with van der Waals surface area (Å²) in [4.78, 5) is 42.7. The van der Waals surface area contributed by atoms with Crippen molar-refractivity contribution in [1.82, 2.24) is 19.6 Å². The molecule has 9 nitrogen and oxygen atoms in total. The summed E-state index contributed by atoms with van der Waals surface area (Å²) in [7, 11) is 0. The number of hydrogen-bond acceptors (Lipinski definition) is 6. The number of carbonyl (C=O) groups is 2. The molecule has 0 spiro atoms. The van der Waals surface area contributed by atoms with Crippen LogP contribution in [0.4, 0.5) is 5.82 Å². The lowest BCUT2D eigenvalue weighted by molar-refractivity contribution is -0.139. The predicted octanol–water partition coefficient (Wildman–Crippen LogP) is 1.17. The average molecular weight is 460 g/mol. The van der Waals surface area contributed by atoms with Crippen LogP contribution in [0.3, 0.4) is 0 Å². The number of anilines is 1. The zero-order chi connectivity index (χ0) is 22.5. The number of amides is 2. The maximum Gasteiger partial charge on any atom is 0.271 e. The highest BCUT2D eigenvalue weighted by Gasteiger charge is 2.24. The topological polar surface area (TPSA) is 88.0 Å². The van der Waals surface area contributed by atoms with Crippen molar-refractivity contribution >= 4 is 29.2 Å². The van der Waals surface area contributed by atoms with E-state index in [0.717, 1.165) is 0 Å². The van der Waals surface area contributed by atoms with Crippen molar-refractivity contribution in [3.8, 4) is 5.69 Å². The lowest BCUT2D eigenvalue weighted by Gasteiger charge is -2.35. The molecule has 10 heteroatoms. The van der Waals surface area contributed by atoms with Gasteiger partial charge in [-0.15, -0.1) is 5.10 Å². The van der Waals surface area contributed by atoms with Crippen molar-refractivity contribution in [3.63, 3.8) is 0 Å². The van der Waals surface area contributed by atoms with Crippen molar-refractivity contribution in [2.45, 2.75) is 12.8 Å². The molecule has 0 unspecified atom stereocenters. The highest BCUT2D eigenvalue weighted by Crippen LogP contribution is 2.16. The fourth-order valence-corrected chi connectivity index (χ4v) is 3.99. The van der Waals surface area contributed by atoms with Crippen LogP contribution < -0.4 is 10.5 Å². The summed E-state index contributed by atoms with van der Waals surface area (Å²) >= 11 is 5.94. The van der Waals surface area contributed by atoms with E-state index in [1.165, 1.54) is 10.7 Å². The molecule has 32 heavy (non-hydrogen) atoms. The third-order valence-corrected chi connectivity index (χ3v) is 5.98. The molecule has 3 heterocycles. The van der Waals surface area contributed by atoms with E-state index >= 15 is 0 Å². The van der Waals surface area contributed by atoms with Crippen molar-refractivity contribution in [2.24, 2.45) is 0 Å². The van der Waals surface area contributed by atoms with Crippen LogP contribution in [-0.4, -0.2) is 83.9 Å². The molecular formula is C22H26ClN5O4. The molecule has 4 rings (SSSR count). The molecule has 0 saturated carbocycles. The number of halogens is 1. The summed E-state index contributed by atoms with van der Waals surface area (Å²) in [6.07, 6.45) is 0.447. The first-order chi connectivity index (χ1) is 15.5. The van der Waals surface area contributed by atoms with Gasteiger partial charge in [-0.2, -0.15) is 4.68 Å². The summed E-state index contributed by atoms with van der Waals surface area (Å²) in [5, 5.41) is 5.09. The number of hydrogen-bond donors (Lipinski definition) is 0. The Balaban J connectivity index is 1.32. The van der Waals surface area contributed by atoms with E-state index in [-0.39, 0.29) is 30.2 Å². The van der Waals surface area contributed by atoms with E-state index in [0.29, 0.717) is 69.0 Å². The van der Waals surface area contributed by atoms with Crippen molar-refractivity contribution in [1.29, 1.82) is 0 Å². The third-order valence-electron chi connectivity index (χ3n) is 5.73. The smallest absolute Gasteiger partial charge is 0.271 e. The molecule has 2 aliphatic heterocycles. The SMILES string of the molecule is O=C(CCC(=O)N1CCN(c2ccc(=O)n(-c3ccc(Cl)cc3)n2)CC1)N1CCOCC1. The first-order valence-electron chi connectivity index (χ1n) is 10.8. The number of aromatic nitrogens is 2. The van der Waals surface area contributed by atoms with E-state index in [2.05, 4.69) is 10.00 Å². The molecule has 2 saturated heterocycles. The van der Waals surface area contributed by atoms with Gasteiger partial charge in [0.05, 0.1) is 18.9 Å². The van der Waals surface area contributed by atoms with E-state index in [4.69, 9.17) is 16.3 Å². The molecule has 0 radical (unpaired) electrons. The highest BCUT2D eigenvalue weighted by atomic mass is 35.5. The van der Waals surface area contributed by atoms with Gasteiger partial charge in [0.1, 0.15) is 5.82 Å². The quantitative estimate of drug-likeness (QED) is 0.667. The minimum absolute atomic E-state index is 0.00828. The van der Waals surface area contributed by atoms with Crippen LogP contribution in [0.25, 0.3) is 5.69 Å². The molecule has 170 valence electrons. The maximum absolute atomic E-state index is 12.6. The first-order valence-corrected chi connectivity index (χ1v) is 11.1. The molecule has 1 aromatic heterocycles. The van der Waals surface area contributed by atoms with Gasteiger partial charge in [0, 0.05) is 63.2 Å². The second-order valence-electron chi connectivity index (χ2n) is 7.78. The van der Waals surface area contributed by atoms with Gasteiger partial charge < -0.3 is 19.4 Å². The Morgan fingerprint density at radius 3 is 2.06 bits per heavy atom. The van der Waals surface area contributed by atoms with Crippen molar-refractivity contribution in [2.75, 3.05) is 57.4 Å². The van der Waals surface area contributed by atoms with Crippen LogP contribution >= 0.6 is 11.6 Å². The summed E-state index contributed by atoms with van der Waals surface area (Å²) in [5.41, 5.74) is 0.412. The zero-order valence-corrected chi connectivity index (χ0v) is 18.5. The third kappa shape index (κ3) is 5.28. The molecule has 2 fully saturated rings. The van der Waals surface area contributed by atoms with E-state index in [1.54, 1.807) is 40.1 Å². The number of nitrogens with zero attached hydrogens (tertiary/aromatic N) is 5. The van der Waals surface area contributed by atoms with Gasteiger partial charge in [-0.3, -0.25) is 14.4 Å². The van der Waals surface area contributed by atoms with Crippen LogP contribution in [0.5, 0.6) is 0 Å². The Kier molecular flexibility index (Phi) is 7.06. The minimum Gasteiger partial charge on any atom is -0.378 e. The minimum atomic E-state index is -0.227.